The minimum absolute atomic E-state index is 0.0712. The normalized spacial score (nSPS) is 18.8. The van der Waals surface area contributed by atoms with E-state index in [1.165, 1.54) is 35.4 Å². The van der Waals surface area contributed by atoms with Crippen LogP contribution in [-0.2, 0) is 15.7 Å². The number of likely N-dealkylation sites (tertiary alicyclic amines) is 1. The fraction of sp³-hybridized carbons (Fsp3) is 0.676. The van der Waals surface area contributed by atoms with Gasteiger partial charge in [0.1, 0.15) is 5.60 Å². The summed E-state index contributed by atoms with van der Waals surface area (Å²) < 4.78 is 76.9. The summed E-state index contributed by atoms with van der Waals surface area (Å²) in [5, 5.41) is 7.32. The molecule has 2 aromatic rings. The highest BCUT2D eigenvalue weighted by Crippen LogP contribution is 2.40. The Labute approximate surface area is 269 Å². The first kappa shape index (κ1) is 37.4. The van der Waals surface area contributed by atoms with Crippen LogP contribution in [0.25, 0.3) is 11.3 Å². The van der Waals surface area contributed by atoms with Gasteiger partial charge in [-0.05, 0) is 72.1 Å². The molecule has 258 valence electrons. The molecule has 2 atom stereocenters. The lowest BCUT2D eigenvalue weighted by Crippen LogP contribution is -2.48. The van der Waals surface area contributed by atoms with E-state index in [1.54, 1.807) is 32.6 Å². The zero-order chi connectivity index (χ0) is 34.3. The Morgan fingerprint density at radius 1 is 1.09 bits per heavy atom. The number of alkyl halides is 5. The summed E-state index contributed by atoms with van der Waals surface area (Å²) in [6, 6.07) is 5.61. The molecule has 2 aliphatic rings. The van der Waals surface area contributed by atoms with Crippen molar-refractivity contribution in [1.82, 2.24) is 20.0 Å². The average molecular weight is 657 g/mol. The van der Waals surface area contributed by atoms with Gasteiger partial charge in [0, 0.05) is 24.6 Å². The molecule has 0 radical (unpaired) electrons. The Hall–Kier alpha value is -3.02. The second-order valence-electron chi connectivity index (χ2n) is 13.5. The minimum Gasteiger partial charge on any atom is -0.460 e. The molecule has 1 aliphatic carbocycles. The number of hydrogen-bond donors (Lipinski definition) is 1. The number of rotatable bonds is 9. The molecule has 7 nitrogen and oxygen atoms in total. The molecular formula is C34H49F5N4O3. The maximum atomic E-state index is 14.0. The van der Waals surface area contributed by atoms with Gasteiger partial charge < -0.3 is 10.1 Å². The molecule has 0 spiro atoms. The number of piperidine rings is 1. The highest BCUT2D eigenvalue weighted by molar-refractivity contribution is 5.94. The summed E-state index contributed by atoms with van der Waals surface area (Å²) in [5.74, 6) is -4.84. The Kier molecular flexibility index (Phi) is 12.8. The van der Waals surface area contributed by atoms with Gasteiger partial charge in [-0.15, -0.1) is 0 Å². The highest BCUT2D eigenvalue weighted by Gasteiger charge is 2.38. The lowest BCUT2D eigenvalue weighted by molar-refractivity contribution is -0.160. The van der Waals surface area contributed by atoms with Gasteiger partial charge in [0.2, 0.25) is 0 Å². The summed E-state index contributed by atoms with van der Waals surface area (Å²) in [5.41, 5.74) is -1.56. The van der Waals surface area contributed by atoms with Crippen molar-refractivity contribution in [3.8, 4) is 11.3 Å². The molecule has 1 saturated heterocycles. The Balaban J connectivity index is 0.00000185. The summed E-state index contributed by atoms with van der Waals surface area (Å²) in [6.07, 6.45) is 0.242. The van der Waals surface area contributed by atoms with Gasteiger partial charge in [-0.2, -0.15) is 18.3 Å². The fourth-order valence-corrected chi connectivity index (χ4v) is 5.89. The van der Waals surface area contributed by atoms with Crippen molar-refractivity contribution >= 4 is 11.9 Å². The smallest absolute Gasteiger partial charge is 0.417 e. The maximum absolute atomic E-state index is 14.0. The Bertz CT molecular complexity index is 1300. The van der Waals surface area contributed by atoms with E-state index in [9.17, 15) is 31.5 Å². The van der Waals surface area contributed by atoms with Gasteiger partial charge >= 0.3 is 12.1 Å². The second-order valence-corrected chi connectivity index (χ2v) is 13.5. The summed E-state index contributed by atoms with van der Waals surface area (Å²) >= 11 is 0. The predicted octanol–water partition coefficient (Wildman–Crippen LogP) is 8.30. The number of esters is 1. The molecule has 1 aliphatic heterocycles. The van der Waals surface area contributed by atoms with Crippen molar-refractivity contribution in [2.45, 2.75) is 123 Å². The topological polar surface area (TPSA) is 76.5 Å². The summed E-state index contributed by atoms with van der Waals surface area (Å²) in [7, 11) is 0. The molecule has 2 fully saturated rings. The number of carbonyl (C=O) groups excluding carboxylic acids is 2. The zero-order valence-corrected chi connectivity index (χ0v) is 27.9. The molecule has 0 bridgehead atoms. The van der Waals surface area contributed by atoms with Crippen molar-refractivity contribution in [2.75, 3.05) is 19.6 Å². The lowest BCUT2D eigenvalue weighted by Gasteiger charge is -2.34. The second kappa shape index (κ2) is 15.7. The van der Waals surface area contributed by atoms with Crippen LogP contribution in [-0.4, -0.2) is 63.8 Å². The highest BCUT2D eigenvalue weighted by atomic mass is 19.4. The first-order chi connectivity index (χ1) is 21.5. The molecule has 4 rings (SSSR count). The largest absolute Gasteiger partial charge is 0.460 e. The monoisotopic (exact) mass is 656 g/mol. The average Bonchev–Trinajstić information content (AvgIpc) is 3.64. The SMILES string of the molecule is CC(C(=O)OC(C)(C)C)C(CCN1CCCC(F)(F)C1)NC(=O)c1cc(-c2ccccc2C(F)(F)F)n(C2CCCC2)n1.CCC. The first-order valence-corrected chi connectivity index (χ1v) is 16.4. The van der Waals surface area contributed by atoms with E-state index in [4.69, 9.17) is 4.74 Å². The van der Waals surface area contributed by atoms with Crippen molar-refractivity contribution < 1.29 is 36.3 Å². The van der Waals surface area contributed by atoms with Crippen LogP contribution in [0.1, 0.15) is 115 Å². The van der Waals surface area contributed by atoms with E-state index in [-0.39, 0.29) is 42.4 Å². The zero-order valence-electron chi connectivity index (χ0n) is 27.9. The van der Waals surface area contributed by atoms with Crippen molar-refractivity contribution in [2.24, 2.45) is 5.92 Å². The minimum atomic E-state index is -4.61. The molecule has 46 heavy (non-hydrogen) atoms. The third-order valence-electron chi connectivity index (χ3n) is 8.07. The van der Waals surface area contributed by atoms with Crippen molar-refractivity contribution in [3.05, 3.63) is 41.6 Å². The van der Waals surface area contributed by atoms with Crippen LogP contribution in [0.4, 0.5) is 22.0 Å². The third kappa shape index (κ3) is 10.5. The lowest BCUT2D eigenvalue weighted by atomic mass is 9.97. The molecule has 1 aromatic heterocycles. The molecular weight excluding hydrogens is 607 g/mol. The van der Waals surface area contributed by atoms with Crippen molar-refractivity contribution in [3.63, 3.8) is 0 Å². The Morgan fingerprint density at radius 3 is 2.30 bits per heavy atom. The van der Waals surface area contributed by atoms with Crippen LogP contribution in [0, 0.1) is 5.92 Å². The van der Waals surface area contributed by atoms with E-state index in [2.05, 4.69) is 24.3 Å². The number of amides is 1. The van der Waals surface area contributed by atoms with Gasteiger partial charge in [0.05, 0.1) is 29.8 Å². The number of carbonyl (C=O) groups is 2. The number of halogens is 5. The molecule has 1 aromatic carbocycles. The van der Waals surface area contributed by atoms with Crippen LogP contribution in [0.2, 0.25) is 0 Å². The van der Waals surface area contributed by atoms with E-state index in [0.717, 1.165) is 31.7 Å². The molecule has 1 amide bonds. The number of benzene rings is 1. The van der Waals surface area contributed by atoms with Crippen LogP contribution in [0.3, 0.4) is 0 Å². The first-order valence-electron chi connectivity index (χ1n) is 16.4. The van der Waals surface area contributed by atoms with Crippen LogP contribution in [0.15, 0.2) is 30.3 Å². The molecule has 1 N–H and O–H groups in total. The van der Waals surface area contributed by atoms with E-state index in [1.807, 2.05) is 0 Å². The third-order valence-corrected chi connectivity index (χ3v) is 8.07. The number of nitrogens with one attached hydrogen (secondary N) is 1. The number of hydrogen-bond acceptors (Lipinski definition) is 5. The number of ether oxygens (including phenoxy) is 1. The van der Waals surface area contributed by atoms with E-state index in [0.29, 0.717) is 13.0 Å². The van der Waals surface area contributed by atoms with Crippen LogP contribution in [0.5, 0.6) is 0 Å². The predicted molar refractivity (Wildman–Crippen MR) is 168 cm³/mol. The Morgan fingerprint density at radius 2 is 1.72 bits per heavy atom. The van der Waals surface area contributed by atoms with Gasteiger partial charge in [-0.1, -0.05) is 51.3 Å². The fourth-order valence-electron chi connectivity index (χ4n) is 5.89. The summed E-state index contributed by atoms with van der Waals surface area (Å²) in [6.45, 7) is 11.3. The van der Waals surface area contributed by atoms with Gasteiger partial charge in [0.15, 0.2) is 5.69 Å². The molecule has 2 heterocycles. The van der Waals surface area contributed by atoms with Gasteiger partial charge in [0.25, 0.3) is 11.8 Å². The van der Waals surface area contributed by atoms with Crippen LogP contribution >= 0.6 is 0 Å². The maximum Gasteiger partial charge on any atom is 0.417 e. The molecule has 2 unspecified atom stereocenters. The van der Waals surface area contributed by atoms with Gasteiger partial charge in [-0.3, -0.25) is 19.2 Å². The number of nitrogens with zero attached hydrogens (tertiary/aromatic N) is 3. The quantitative estimate of drug-likeness (QED) is 0.217. The van der Waals surface area contributed by atoms with E-state index < -0.39 is 53.6 Å². The van der Waals surface area contributed by atoms with E-state index >= 15 is 0 Å². The van der Waals surface area contributed by atoms with Gasteiger partial charge in [-0.25, -0.2) is 8.78 Å². The number of aromatic nitrogens is 2. The van der Waals surface area contributed by atoms with Crippen LogP contribution < -0.4 is 5.32 Å². The molecule has 1 saturated carbocycles. The summed E-state index contributed by atoms with van der Waals surface area (Å²) in [4.78, 5) is 28.2. The van der Waals surface area contributed by atoms with Crippen molar-refractivity contribution in [1.29, 1.82) is 0 Å². The molecule has 12 heteroatoms. The standard InChI is InChI=1S/C31H41F5N4O3.C3H8/c1-20(28(42)43-29(2,3)4)24(14-17-39-16-9-15-30(32,33)19-39)37-27(41)25-18-26(40(38-25)21-10-5-6-11-21)22-12-7-8-13-23(22)31(34,35)36;1-3-2/h7-8,12-13,18,20-21,24H,5-6,9-11,14-17,19H2,1-4H3,(H,37,41);3H2,1-2H3.